The van der Waals surface area contributed by atoms with Gasteiger partial charge < -0.3 is 20.3 Å². The van der Waals surface area contributed by atoms with Crippen LogP contribution in [0.1, 0.15) is 12.5 Å². The number of benzene rings is 3. The lowest BCUT2D eigenvalue weighted by Gasteiger charge is -2.29. The summed E-state index contributed by atoms with van der Waals surface area (Å²) in [7, 11) is 0. The number of morpholine rings is 1. The van der Waals surface area contributed by atoms with Crippen LogP contribution in [0.5, 0.6) is 0 Å². The number of carbonyl (C=O) groups excluding carboxylic acids is 2. The first kappa shape index (κ1) is 28.7. The average Bonchev–Trinajstić information content (AvgIpc) is 3.02. The van der Waals surface area contributed by atoms with Crippen LogP contribution >= 0.6 is 0 Å². The van der Waals surface area contributed by atoms with Crippen molar-refractivity contribution >= 4 is 39.9 Å². The number of hydrogen-bond donors (Lipinski definition) is 2. The van der Waals surface area contributed by atoms with Crippen molar-refractivity contribution in [3.8, 4) is 22.5 Å². The number of ketones is 1. The molecule has 10 nitrogen and oxygen atoms in total. The van der Waals surface area contributed by atoms with Crippen LogP contribution in [0.2, 0.25) is 0 Å². The zero-order valence-electron chi connectivity index (χ0n) is 23.7. The number of Topliss-reactive ketones (excluding diaryl/α,β-unsaturated/α-hetero) is 1. The first-order chi connectivity index (χ1) is 21.3. The van der Waals surface area contributed by atoms with Crippen molar-refractivity contribution in [2.24, 2.45) is 0 Å². The summed E-state index contributed by atoms with van der Waals surface area (Å²) in [6.45, 7) is 3.67. The van der Waals surface area contributed by atoms with Crippen molar-refractivity contribution in [2.45, 2.75) is 13.3 Å². The number of urea groups is 1. The van der Waals surface area contributed by atoms with Crippen molar-refractivity contribution in [3.05, 3.63) is 90.5 Å². The Morgan fingerprint density at radius 1 is 0.886 bits per heavy atom. The van der Waals surface area contributed by atoms with E-state index in [1.807, 2.05) is 4.90 Å². The molecule has 3 aromatic carbocycles. The van der Waals surface area contributed by atoms with Crippen molar-refractivity contribution in [1.29, 1.82) is 0 Å². The second-order valence-electron chi connectivity index (χ2n) is 10.3. The quantitative estimate of drug-likeness (QED) is 0.248. The molecule has 2 amide bonds. The van der Waals surface area contributed by atoms with Gasteiger partial charge in [0, 0.05) is 59.7 Å². The van der Waals surface area contributed by atoms with E-state index < -0.39 is 17.7 Å². The molecule has 1 fully saturated rings. The summed E-state index contributed by atoms with van der Waals surface area (Å²) < 4.78 is 35.3. The maximum absolute atomic E-state index is 15.3. The molecule has 0 atom stereocenters. The van der Waals surface area contributed by atoms with Gasteiger partial charge in [-0.3, -0.25) is 4.79 Å². The second kappa shape index (κ2) is 12.5. The molecular formula is C32H27F2N7O3. The number of carbonyl (C=O) groups is 2. The molecule has 222 valence electrons. The summed E-state index contributed by atoms with van der Waals surface area (Å²) in [5, 5.41) is 5.74. The third-order valence-electron chi connectivity index (χ3n) is 7.08. The predicted molar refractivity (Wildman–Crippen MR) is 162 cm³/mol. The molecule has 0 saturated carbocycles. The fourth-order valence-corrected chi connectivity index (χ4v) is 4.98. The predicted octanol–water partition coefficient (Wildman–Crippen LogP) is 5.64. The zero-order valence-corrected chi connectivity index (χ0v) is 23.7. The number of aromatic nitrogens is 4. The maximum atomic E-state index is 15.3. The molecular weight excluding hydrogens is 568 g/mol. The number of hydrogen-bond acceptors (Lipinski definition) is 8. The number of amides is 2. The lowest BCUT2D eigenvalue weighted by atomic mass is 10.0. The Bertz CT molecular complexity index is 1850. The van der Waals surface area contributed by atoms with Gasteiger partial charge in [-0.15, -0.1) is 0 Å². The van der Waals surface area contributed by atoms with E-state index in [1.54, 1.807) is 48.8 Å². The van der Waals surface area contributed by atoms with Crippen LogP contribution in [0, 0.1) is 11.6 Å². The van der Waals surface area contributed by atoms with Crippen LogP contribution in [0.15, 0.2) is 73.3 Å². The van der Waals surface area contributed by atoms with Crippen LogP contribution in [0.4, 0.5) is 30.8 Å². The van der Waals surface area contributed by atoms with E-state index in [2.05, 4.69) is 20.6 Å². The molecule has 0 unspecified atom stereocenters. The van der Waals surface area contributed by atoms with Crippen LogP contribution in [-0.4, -0.2) is 58.1 Å². The molecule has 3 heterocycles. The third kappa shape index (κ3) is 6.35. The smallest absolute Gasteiger partial charge is 0.323 e. The minimum atomic E-state index is -0.637. The van der Waals surface area contributed by atoms with E-state index in [1.165, 1.54) is 31.5 Å². The van der Waals surface area contributed by atoms with Crippen molar-refractivity contribution in [2.75, 3.05) is 41.8 Å². The van der Waals surface area contributed by atoms with Gasteiger partial charge in [0.25, 0.3) is 0 Å². The van der Waals surface area contributed by atoms with Gasteiger partial charge in [-0.25, -0.2) is 33.5 Å². The molecule has 6 rings (SSSR count). The van der Waals surface area contributed by atoms with Crippen molar-refractivity contribution in [1.82, 2.24) is 19.9 Å². The number of ether oxygens (including phenoxy) is 1. The largest absolute Gasteiger partial charge is 0.378 e. The van der Waals surface area contributed by atoms with Crippen molar-refractivity contribution in [3.63, 3.8) is 0 Å². The Hall–Kier alpha value is -5.36. The number of nitrogens with one attached hydrogen (secondary N) is 2. The Kier molecular flexibility index (Phi) is 8.15. The molecule has 0 bridgehead atoms. The average molecular weight is 596 g/mol. The minimum absolute atomic E-state index is 0.00972. The number of fused-ring (bicyclic) bond motifs is 1. The molecule has 0 aliphatic carbocycles. The van der Waals surface area contributed by atoms with Gasteiger partial charge in [0.15, 0.2) is 5.82 Å². The minimum Gasteiger partial charge on any atom is -0.378 e. The molecule has 5 aromatic rings. The molecule has 0 spiro atoms. The standard InChI is InChI=1S/C32H27F2N7O3/c1-19(42)12-20-2-7-28(27(34)13-20)39-32(43)37-23-5-3-21(4-6-23)30-38-29-15-24(22-16-35-18-36-17-22)26(33)14-25(29)31(40-30)41-8-10-44-11-9-41/h2-7,13-18H,8-12H2,1H3,(H2,37,39,43). The van der Waals surface area contributed by atoms with Crippen LogP contribution < -0.4 is 15.5 Å². The lowest BCUT2D eigenvalue weighted by Crippen LogP contribution is -2.37. The van der Waals surface area contributed by atoms with E-state index in [0.29, 0.717) is 76.8 Å². The van der Waals surface area contributed by atoms with Gasteiger partial charge in [0.2, 0.25) is 0 Å². The fraction of sp³-hybridized carbons (Fsp3) is 0.188. The normalized spacial score (nSPS) is 13.1. The van der Waals surface area contributed by atoms with Gasteiger partial charge in [0.1, 0.15) is 29.6 Å². The number of anilines is 3. The van der Waals surface area contributed by atoms with E-state index in [0.717, 1.165) is 0 Å². The van der Waals surface area contributed by atoms with Gasteiger partial charge in [-0.2, -0.15) is 0 Å². The highest BCUT2D eigenvalue weighted by molar-refractivity contribution is 6.00. The van der Waals surface area contributed by atoms with E-state index in [-0.39, 0.29) is 17.9 Å². The Balaban J connectivity index is 1.27. The topological polar surface area (TPSA) is 122 Å². The summed E-state index contributed by atoms with van der Waals surface area (Å²) in [5.74, 6) is -0.135. The molecule has 12 heteroatoms. The first-order valence-corrected chi connectivity index (χ1v) is 13.9. The molecule has 1 aliphatic rings. The fourth-order valence-electron chi connectivity index (χ4n) is 4.98. The second-order valence-corrected chi connectivity index (χ2v) is 10.3. The lowest BCUT2D eigenvalue weighted by molar-refractivity contribution is -0.116. The molecule has 0 radical (unpaired) electrons. The first-order valence-electron chi connectivity index (χ1n) is 13.9. The number of halogens is 2. The van der Waals surface area contributed by atoms with E-state index >= 15 is 4.39 Å². The monoisotopic (exact) mass is 595 g/mol. The SMILES string of the molecule is CC(=O)Cc1ccc(NC(=O)Nc2ccc(-c3nc(N4CCOCC4)c4cc(F)c(-c5cncnc5)cc4n3)cc2)c(F)c1. The van der Waals surface area contributed by atoms with E-state index in [4.69, 9.17) is 14.7 Å². The number of nitrogens with zero attached hydrogens (tertiary/aromatic N) is 5. The highest BCUT2D eigenvalue weighted by atomic mass is 19.1. The van der Waals surface area contributed by atoms with Gasteiger partial charge >= 0.3 is 6.03 Å². The van der Waals surface area contributed by atoms with E-state index in [9.17, 15) is 14.0 Å². The molecule has 1 aliphatic heterocycles. The zero-order chi connectivity index (χ0) is 30.6. The summed E-state index contributed by atoms with van der Waals surface area (Å²) in [6.07, 6.45) is 4.59. The summed E-state index contributed by atoms with van der Waals surface area (Å²) >= 11 is 0. The number of rotatable bonds is 7. The Morgan fingerprint density at radius 2 is 1.64 bits per heavy atom. The molecule has 1 saturated heterocycles. The summed E-state index contributed by atoms with van der Waals surface area (Å²) in [4.78, 5) is 43.5. The molecule has 2 N–H and O–H groups in total. The Labute approximate surface area is 251 Å². The third-order valence-corrected chi connectivity index (χ3v) is 7.08. The molecule has 44 heavy (non-hydrogen) atoms. The van der Waals surface area contributed by atoms with Gasteiger partial charge in [-0.05, 0) is 61.0 Å². The van der Waals surface area contributed by atoms with Crippen molar-refractivity contribution < 1.29 is 23.1 Å². The highest BCUT2D eigenvalue weighted by Gasteiger charge is 2.20. The maximum Gasteiger partial charge on any atom is 0.323 e. The highest BCUT2D eigenvalue weighted by Crippen LogP contribution is 2.33. The van der Waals surface area contributed by atoms with Crippen LogP contribution in [0.25, 0.3) is 33.4 Å². The summed E-state index contributed by atoms with van der Waals surface area (Å²) in [6, 6.07) is 13.6. The summed E-state index contributed by atoms with van der Waals surface area (Å²) in [5.41, 5.74) is 3.06. The Morgan fingerprint density at radius 3 is 2.34 bits per heavy atom. The molecule has 2 aromatic heterocycles. The van der Waals surface area contributed by atoms with Crippen LogP contribution in [0.3, 0.4) is 0 Å². The van der Waals surface area contributed by atoms with Gasteiger partial charge in [-0.1, -0.05) is 6.07 Å². The van der Waals surface area contributed by atoms with Gasteiger partial charge in [0.05, 0.1) is 24.4 Å². The van der Waals surface area contributed by atoms with Crippen LogP contribution in [-0.2, 0) is 16.0 Å².